The van der Waals surface area contributed by atoms with Crippen molar-refractivity contribution < 1.29 is 0 Å². The Kier molecular flexibility index (Phi) is 3.25. The van der Waals surface area contributed by atoms with E-state index in [2.05, 4.69) is 17.3 Å². The maximum Gasteiger partial charge on any atom is 0.0762 e. The Hall–Kier alpha value is -0.870. The molecule has 0 unspecified atom stereocenters. The number of rotatable bonds is 4. The molecule has 1 heterocycles. The highest BCUT2D eigenvalue weighted by atomic mass is 15.3. The van der Waals surface area contributed by atoms with Crippen molar-refractivity contribution in [2.75, 3.05) is 6.54 Å². The molecule has 0 aliphatic rings. The zero-order valence-corrected chi connectivity index (χ0v) is 7.62. The van der Waals surface area contributed by atoms with Gasteiger partial charge in [-0.15, -0.1) is 0 Å². The molecule has 3 N–H and O–H groups in total. The van der Waals surface area contributed by atoms with Gasteiger partial charge in [-0.25, -0.2) is 0 Å². The standard InChI is InChI=1S/C8H16N4/c1-7(5-9)10-6-8-3-4-12(2)11-8/h3-4,7,10H,5-6,9H2,1-2H3/t7-/m0/s1. The van der Waals surface area contributed by atoms with Gasteiger partial charge in [-0.3, -0.25) is 4.68 Å². The van der Waals surface area contributed by atoms with Gasteiger partial charge in [0.15, 0.2) is 0 Å². The molecule has 68 valence electrons. The fraction of sp³-hybridized carbons (Fsp3) is 0.625. The molecule has 1 rings (SSSR count). The molecule has 0 spiro atoms. The molecular formula is C8H16N4. The Morgan fingerprint density at radius 1 is 1.75 bits per heavy atom. The van der Waals surface area contributed by atoms with E-state index in [1.54, 1.807) is 4.68 Å². The number of hydrogen-bond donors (Lipinski definition) is 2. The minimum Gasteiger partial charge on any atom is -0.329 e. The first-order chi connectivity index (χ1) is 5.72. The molecule has 0 radical (unpaired) electrons. The van der Waals surface area contributed by atoms with Crippen LogP contribution in [0.3, 0.4) is 0 Å². The Labute approximate surface area is 72.8 Å². The average Bonchev–Trinajstić information content (AvgIpc) is 2.47. The van der Waals surface area contributed by atoms with E-state index in [1.807, 2.05) is 19.3 Å². The SMILES string of the molecule is C[C@@H](CN)NCc1ccn(C)n1. The summed E-state index contributed by atoms with van der Waals surface area (Å²) < 4.78 is 1.80. The van der Waals surface area contributed by atoms with Crippen molar-refractivity contribution in [3.8, 4) is 0 Å². The minimum atomic E-state index is 0.354. The van der Waals surface area contributed by atoms with Gasteiger partial charge in [-0.05, 0) is 13.0 Å². The molecule has 1 atom stereocenters. The van der Waals surface area contributed by atoms with Gasteiger partial charge in [-0.1, -0.05) is 0 Å². The smallest absolute Gasteiger partial charge is 0.0762 e. The molecule has 0 aromatic carbocycles. The third kappa shape index (κ3) is 2.64. The van der Waals surface area contributed by atoms with Crippen molar-refractivity contribution >= 4 is 0 Å². The number of aromatic nitrogens is 2. The molecule has 0 saturated heterocycles. The molecule has 0 amide bonds. The third-order valence-electron chi connectivity index (χ3n) is 1.75. The number of nitrogens with zero attached hydrogens (tertiary/aromatic N) is 2. The van der Waals surface area contributed by atoms with Crippen LogP contribution in [0, 0.1) is 0 Å². The first kappa shape index (κ1) is 9.22. The van der Waals surface area contributed by atoms with Crippen LogP contribution >= 0.6 is 0 Å². The summed E-state index contributed by atoms with van der Waals surface area (Å²) in [5.41, 5.74) is 6.51. The van der Waals surface area contributed by atoms with Gasteiger partial charge in [0.05, 0.1) is 5.69 Å². The highest BCUT2D eigenvalue weighted by molar-refractivity contribution is 4.98. The normalized spacial score (nSPS) is 13.2. The van der Waals surface area contributed by atoms with Crippen LogP contribution in [0.5, 0.6) is 0 Å². The molecule has 4 nitrogen and oxygen atoms in total. The quantitative estimate of drug-likeness (QED) is 0.657. The third-order valence-corrected chi connectivity index (χ3v) is 1.75. The van der Waals surface area contributed by atoms with Crippen molar-refractivity contribution in [3.05, 3.63) is 18.0 Å². The van der Waals surface area contributed by atoms with Gasteiger partial charge in [0.25, 0.3) is 0 Å². The van der Waals surface area contributed by atoms with Gasteiger partial charge < -0.3 is 11.1 Å². The van der Waals surface area contributed by atoms with Crippen LogP contribution in [0.15, 0.2) is 12.3 Å². The second-order valence-corrected chi connectivity index (χ2v) is 3.00. The highest BCUT2D eigenvalue weighted by Gasteiger charge is 1.99. The van der Waals surface area contributed by atoms with E-state index in [4.69, 9.17) is 5.73 Å². The number of hydrogen-bond acceptors (Lipinski definition) is 3. The van der Waals surface area contributed by atoms with E-state index in [-0.39, 0.29) is 0 Å². The van der Waals surface area contributed by atoms with Crippen LogP contribution in [-0.2, 0) is 13.6 Å². The van der Waals surface area contributed by atoms with E-state index >= 15 is 0 Å². The van der Waals surface area contributed by atoms with Crippen LogP contribution in [0.25, 0.3) is 0 Å². The zero-order chi connectivity index (χ0) is 8.97. The van der Waals surface area contributed by atoms with Gasteiger partial charge in [0, 0.05) is 32.4 Å². The molecule has 12 heavy (non-hydrogen) atoms. The molecule has 4 heteroatoms. The predicted octanol–water partition coefficient (Wildman–Crippen LogP) is -0.143. The van der Waals surface area contributed by atoms with Crippen molar-refractivity contribution in [1.82, 2.24) is 15.1 Å². The molecule has 0 aliphatic carbocycles. The summed E-state index contributed by atoms with van der Waals surface area (Å²) >= 11 is 0. The van der Waals surface area contributed by atoms with E-state index in [1.165, 1.54) is 0 Å². The number of nitrogens with one attached hydrogen (secondary N) is 1. The second kappa shape index (κ2) is 4.23. The largest absolute Gasteiger partial charge is 0.329 e. The van der Waals surface area contributed by atoms with E-state index in [0.29, 0.717) is 12.6 Å². The van der Waals surface area contributed by atoms with Crippen LogP contribution in [0.2, 0.25) is 0 Å². The summed E-state index contributed by atoms with van der Waals surface area (Å²) in [5.74, 6) is 0. The lowest BCUT2D eigenvalue weighted by Crippen LogP contribution is -2.32. The summed E-state index contributed by atoms with van der Waals surface area (Å²) in [7, 11) is 1.91. The van der Waals surface area contributed by atoms with Crippen molar-refractivity contribution in [2.24, 2.45) is 12.8 Å². The predicted molar refractivity (Wildman–Crippen MR) is 48.6 cm³/mol. The first-order valence-corrected chi connectivity index (χ1v) is 4.14. The maximum absolute atomic E-state index is 5.45. The van der Waals surface area contributed by atoms with Gasteiger partial charge in [-0.2, -0.15) is 5.10 Å². The van der Waals surface area contributed by atoms with Gasteiger partial charge >= 0.3 is 0 Å². The van der Waals surface area contributed by atoms with Crippen molar-refractivity contribution in [2.45, 2.75) is 19.5 Å². The molecule has 1 aromatic heterocycles. The molecule has 0 fully saturated rings. The Bertz CT molecular complexity index is 231. The summed E-state index contributed by atoms with van der Waals surface area (Å²) in [4.78, 5) is 0. The fourth-order valence-electron chi connectivity index (χ4n) is 0.920. The van der Waals surface area contributed by atoms with Crippen LogP contribution in [-0.4, -0.2) is 22.4 Å². The summed E-state index contributed by atoms with van der Waals surface area (Å²) in [5, 5.41) is 7.49. The first-order valence-electron chi connectivity index (χ1n) is 4.14. The van der Waals surface area contributed by atoms with E-state index in [9.17, 15) is 0 Å². The summed E-state index contributed by atoms with van der Waals surface area (Å²) in [6, 6.07) is 2.35. The minimum absolute atomic E-state index is 0.354. The molecular weight excluding hydrogens is 152 g/mol. The molecule has 0 bridgehead atoms. The lowest BCUT2D eigenvalue weighted by molar-refractivity contribution is 0.546. The fourth-order valence-corrected chi connectivity index (χ4v) is 0.920. The topological polar surface area (TPSA) is 55.9 Å². The van der Waals surface area contributed by atoms with Crippen LogP contribution in [0.4, 0.5) is 0 Å². The zero-order valence-electron chi connectivity index (χ0n) is 7.62. The Morgan fingerprint density at radius 2 is 2.50 bits per heavy atom. The van der Waals surface area contributed by atoms with Gasteiger partial charge in [0.1, 0.15) is 0 Å². The van der Waals surface area contributed by atoms with Gasteiger partial charge in [0.2, 0.25) is 0 Å². The Balaban J connectivity index is 2.33. The van der Waals surface area contributed by atoms with E-state index < -0.39 is 0 Å². The average molecular weight is 168 g/mol. The van der Waals surface area contributed by atoms with Crippen molar-refractivity contribution in [1.29, 1.82) is 0 Å². The lowest BCUT2D eigenvalue weighted by Gasteiger charge is -2.08. The van der Waals surface area contributed by atoms with Crippen LogP contribution in [0.1, 0.15) is 12.6 Å². The van der Waals surface area contributed by atoms with E-state index in [0.717, 1.165) is 12.2 Å². The summed E-state index contributed by atoms with van der Waals surface area (Å²) in [6.45, 7) is 3.51. The second-order valence-electron chi connectivity index (χ2n) is 3.00. The molecule has 0 aliphatic heterocycles. The molecule has 0 saturated carbocycles. The lowest BCUT2D eigenvalue weighted by atomic mass is 10.3. The number of aryl methyl sites for hydroxylation is 1. The Morgan fingerprint density at radius 3 is 3.00 bits per heavy atom. The molecule has 1 aromatic rings. The number of nitrogens with two attached hydrogens (primary N) is 1. The van der Waals surface area contributed by atoms with Crippen LogP contribution < -0.4 is 11.1 Å². The maximum atomic E-state index is 5.45. The van der Waals surface area contributed by atoms with Crippen molar-refractivity contribution in [3.63, 3.8) is 0 Å². The highest BCUT2D eigenvalue weighted by Crippen LogP contribution is 1.93. The summed E-state index contributed by atoms with van der Waals surface area (Å²) in [6.07, 6.45) is 1.93. The monoisotopic (exact) mass is 168 g/mol.